The summed E-state index contributed by atoms with van der Waals surface area (Å²) in [6.45, 7) is 11.0. The average Bonchev–Trinajstić information content (AvgIpc) is 3.32. The fraction of sp³-hybridized carbons (Fsp3) is 0.600. The maximum absolute atomic E-state index is 13.9. The van der Waals surface area contributed by atoms with E-state index < -0.39 is 23.0 Å². The van der Waals surface area contributed by atoms with Crippen LogP contribution in [0.2, 0.25) is 5.31 Å². The van der Waals surface area contributed by atoms with E-state index in [0.717, 1.165) is 19.3 Å². The minimum atomic E-state index is -4.16. The maximum Gasteiger partial charge on any atom is 0.361 e. The van der Waals surface area contributed by atoms with E-state index in [9.17, 15) is 13.2 Å². The van der Waals surface area contributed by atoms with Crippen LogP contribution in [0.1, 0.15) is 70.1 Å². The predicted octanol–water partition coefficient (Wildman–Crippen LogP) is 3.85. The average molecular weight is 529 g/mol. The number of nitrogens with one attached hydrogen (secondary N) is 2. The molecular weight excluding hydrogens is 493 g/mol. The molecule has 2 aliphatic rings. The number of aromatic nitrogens is 3. The van der Waals surface area contributed by atoms with Crippen LogP contribution in [-0.4, -0.2) is 49.5 Å². The Kier molecular flexibility index (Phi) is 7.28. The molecule has 0 saturated heterocycles. The molecule has 2 N–H and O–H groups in total. The van der Waals surface area contributed by atoms with E-state index in [1.807, 2.05) is 0 Å². The first kappa shape index (κ1) is 27.3. The van der Waals surface area contributed by atoms with Gasteiger partial charge in [0.25, 0.3) is 0 Å². The lowest BCUT2D eigenvalue weighted by atomic mass is 9.52. The number of benzene rings is 1. The van der Waals surface area contributed by atoms with E-state index in [4.69, 9.17) is 9.47 Å². The van der Waals surface area contributed by atoms with E-state index in [1.54, 1.807) is 32.9 Å². The summed E-state index contributed by atoms with van der Waals surface area (Å²) in [4.78, 5) is 25.5. The molecule has 0 spiro atoms. The zero-order chi connectivity index (χ0) is 27.2. The quantitative estimate of drug-likeness (QED) is 0.367. The van der Waals surface area contributed by atoms with Crippen molar-refractivity contribution in [2.45, 2.75) is 77.1 Å². The first-order valence-corrected chi connectivity index (χ1v) is 14.2. The largest absolute Gasteiger partial charge is 0.467 e. The summed E-state index contributed by atoms with van der Waals surface area (Å²) in [6.07, 6.45) is 2.55. The van der Waals surface area contributed by atoms with Gasteiger partial charge in [0.2, 0.25) is 16.0 Å². The highest BCUT2D eigenvalue weighted by atomic mass is 32.2. The van der Waals surface area contributed by atoms with Crippen LogP contribution in [0.15, 0.2) is 29.2 Å². The summed E-state index contributed by atoms with van der Waals surface area (Å²) in [5.41, 5.74) is -0.138. The minimum absolute atomic E-state index is 0.0127. The normalized spacial score (nSPS) is 24.2. The number of hydrogen-bond donors (Lipinski definition) is 2. The van der Waals surface area contributed by atoms with Crippen molar-refractivity contribution in [3.8, 4) is 6.01 Å². The molecule has 1 aromatic carbocycles. The van der Waals surface area contributed by atoms with Gasteiger partial charge in [-0.15, -0.1) is 0 Å². The molecule has 2 saturated carbocycles. The lowest BCUT2D eigenvalue weighted by Crippen LogP contribution is -2.52. The Morgan fingerprint density at radius 3 is 2.54 bits per heavy atom. The second-order valence-corrected chi connectivity index (χ2v) is 12.7. The summed E-state index contributed by atoms with van der Waals surface area (Å²) in [5.74, 6) is 0.710. The number of hydrogen-bond acceptors (Lipinski definition) is 9. The Labute approximate surface area is 219 Å². The molecule has 0 amide bonds. The molecule has 12 heteroatoms. The number of ether oxygens (including phenoxy) is 2. The van der Waals surface area contributed by atoms with Crippen molar-refractivity contribution in [3.63, 3.8) is 0 Å². The van der Waals surface area contributed by atoms with Crippen molar-refractivity contribution < 1.29 is 22.7 Å². The van der Waals surface area contributed by atoms with Gasteiger partial charge in [0.05, 0.1) is 23.7 Å². The number of aryl methyl sites for hydroxylation is 1. The van der Waals surface area contributed by atoms with Crippen LogP contribution in [0, 0.1) is 24.2 Å². The van der Waals surface area contributed by atoms with Gasteiger partial charge in [0, 0.05) is 0 Å². The number of methoxy groups -OCH3 is 1. The first-order chi connectivity index (χ1) is 17.3. The molecule has 37 heavy (non-hydrogen) atoms. The van der Waals surface area contributed by atoms with Crippen LogP contribution in [0.3, 0.4) is 0 Å². The number of carbonyl (C=O) groups is 1. The van der Waals surface area contributed by atoms with E-state index >= 15 is 0 Å². The lowest BCUT2D eigenvalue weighted by molar-refractivity contribution is 0.0373. The summed E-state index contributed by atoms with van der Waals surface area (Å²) in [6, 6.07) is 6.23. The molecule has 0 bridgehead atoms. The molecule has 3 atom stereocenters. The van der Waals surface area contributed by atoms with Crippen LogP contribution >= 0.6 is 0 Å². The third kappa shape index (κ3) is 5.05. The highest BCUT2D eigenvalue weighted by molar-refractivity contribution is 7.90. The second kappa shape index (κ2) is 9.87. The van der Waals surface area contributed by atoms with Gasteiger partial charge in [-0.3, -0.25) is 0 Å². The number of esters is 1. The fourth-order valence-electron chi connectivity index (χ4n) is 6.22. The molecule has 0 aliphatic heterocycles. The van der Waals surface area contributed by atoms with Crippen molar-refractivity contribution in [3.05, 3.63) is 35.7 Å². The third-order valence-electron chi connectivity index (χ3n) is 7.95. The van der Waals surface area contributed by atoms with Crippen LogP contribution in [0.25, 0.3) is 0 Å². The van der Waals surface area contributed by atoms with E-state index in [2.05, 4.69) is 45.6 Å². The summed E-state index contributed by atoms with van der Waals surface area (Å²) < 4.78 is 41.2. The molecule has 2 aliphatic carbocycles. The second-order valence-electron chi connectivity index (χ2n) is 11.0. The van der Waals surface area contributed by atoms with Crippen molar-refractivity contribution >= 4 is 28.9 Å². The Hall–Kier alpha value is -2.73. The van der Waals surface area contributed by atoms with E-state index in [0.29, 0.717) is 17.7 Å². The molecular formula is C25H36BN5O5S. The molecule has 1 heterocycles. The maximum atomic E-state index is 13.9. The third-order valence-corrected chi connectivity index (χ3v) is 9.43. The number of fused-ring (bicyclic) bond motifs is 1. The SMILES string of the molecule is COc1nc(C)nc(NB(NS(=O)(=O)c2ccccc2C(=O)OC(C)C)C23CC(C)CCC2C3(C)C)n1. The van der Waals surface area contributed by atoms with E-state index in [1.165, 1.54) is 19.2 Å². The van der Waals surface area contributed by atoms with Gasteiger partial charge in [0.1, 0.15) is 5.82 Å². The monoisotopic (exact) mass is 529 g/mol. The van der Waals surface area contributed by atoms with Crippen molar-refractivity contribution in [2.24, 2.45) is 17.3 Å². The summed E-state index contributed by atoms with van der Waals surface area (Å²) in [5, 5.41) is 2.90. The van der Waals surface area contributed by atoms with Crippen LogP contribution < -0.4 is 14.6 Å². The van der Waals surface area contributed by atoms with Gasteiger partial charge in [-0.2, -0.15) is 15.0 Å². The lowest BCUT2D eigenvalue weighted by Gasteiger charge is -2.33. The van der Waals surface area contributed by atoms with Crippen molar-refractivity contribution in [1.82, 2.24) is 19.6 Å². The first-order valence-electron chi connectivity index (χ1n) is 12.7. The fourth-order valence-corrected chi connectivity index (χ4v) is 7.62. The highest BCUT2D eigenvalue weighted by Gasteiger charge is 2.76. The number of anilines is 1. The molecule has 2 aromatic rings. The van der Waals surface area contributed by atoms with Crippen LogP contribution in [0.5, 0.6) is 6.01 Å². The zero-order valence-corrected chi connectivity index (χ0v) is 23.3. The topological polar surface area (TPSA) is 132 Å². The van der Waals surface area contributed by atoms with Gasteiger partial charge in [-0.25, -0.2) is 17.8 Å². The van der Waals surface area contributed by atoms with Gasteiger partial charge < -0.3 is 14.7 Å². The summed E-state index contributed by atoms with van der Waals surface area (Å²) in [7, 11) is -2.70. The van der Waals surface area contributed by atoms with Crippen LogP contribution in [0.4, 0.5) is 5.95 Å². The Morgan fingerprint density at radius 1 is 1.16 bits per heavy atom. The standard InChI is InChI=1S/C25H36BN5O5S/c1-15(2)36-21(32)18-10-8-9-11-19(18)37(33,34)31-26(30-22-27-17(4)28-23(29-22)35-7)25-14-16(3)12-13-20(25)24(25,5)6/h8-11,15-16,20,31H,12-14H2,1-7H3,(H,27,28,29,30). The summed E-state index contributed by atoms with van der Waals surface area (Å²) >= 11 is 0. The highest BCUT2D eigenvalue weighted by Crippen LogP contribution is 2.81. The van der Waals surface area contributed by atoms with Gasteiger partial charge in [-0.05, 0) is 68.3 Å². The Morgan fingerprint density at radius 2 is 1.86 bits per heavy atom. The van der Waals surface area contributed by atoms with Gasteiger partial charge in [-0.1, -0.05) is 39.3 Å². The number of carbonyl (C=O) groups excluding carboxylic acids is 1. The van der Waals surface area contributed by atoms with Gasteiger partial charge >= 0.3 is 19.0 Å². The van der Waals surface area contributed by atoms with Crippen LogP contribution in [-0.2, 0) is 14.8 Å². The Balaban J connectivity index is 1.76. The smallest absolute Gasteiger partial charge is 0.361 e. The molecule has 4 rings (SSSR count). The molecule has 10 nitrogen and oxygen atoms in total. The molecule has 3 unspecified atom stereocenters. The molecule has 200 valence electrons. The van der Waals surface area contributed by atoms with Gasteiger partial charge in [0.15, 0.2) is 0 Å². The predicted molar refractivity (Wildman–Crippen MR) is 141 cm³/mol. The van der Waals surface area contributed by atoms with E-state index in [-0.39, 0.29) is 39.3 Å². The van der Waals surface area contributed by atoms with Crippen molar-refractivity contribution in [2.75, 3.05) is 12.3 Å². The molecule has 2 fully saturated rings. The van der Waals surface area contributed by atoms with Crippen molar-refractivity contribution in [1.29, 1.82) is 0 Å². The molecule has 1 aromatic heterocycles. The zero-order valence-electron chi connectivity index (χ0n) is 22.5. The molecule has 0 radical (unpaired) electrons. The number of rotatable bonds is 9. The Bertz CT molecular complexity index is 1290. The number of sulfonamides is 1. The number of nitrogens with zero attached hydrogens (tertiary/aromatic N) is 3. The minimum Gasteiger partial charge on any atom is -0.467 e.